The number of carbonyl (C=O) groups is 2. The second kappa shape index (κ2) is 31.3. The lowest BCUT2D eigenvalue weighted by atomic mass is 10.1. The molecule has 10 heteroatoms. The van der Waals surface area contributed by atoms with Crippen LogP contribution in [0.1, 0.15) is 142 Å². The molecule has 1 aromatic rings. The van der Waals surface area contributed by atoms with Crippen LogP contribution in [0.4, 0.5) is 0 Å². The van der Waals surface area contributed by atoms with Crippen molar-refractivity contribution in [3.8, 4) is 11.5 Å². The molecule has 0 bridgehead atoms. The largest absolute Gasteiger partial charge is 0.492 e. The summed E-state index contributed by atoms with van der Waals surface area (Å²) in [7, 11) is 0. The highest BCUT2D eigenvalue weighted by Gasteiger charge is 2.22. The third-order valence-electron chi connectivity index (χ3n) is 9.34. The second-order valence-electron chi connectivity index (χ2n) is 13.8. The topological polar surface area (TPSA) is 163 Å². The maximum absolute atomic E-state index is 13.2. The lowest BCUT2D eigenvalue weighted by molar-refractivity contribution is -0.134. The molecule has 0 saturated carbocycles. The Morgan fingerprint density at radius 3 is 1.20 bits per heavy atom. The summed E-state index contributed by atoms with van der Waals surface area (Å²) in [4.78, 5) is 30.1. The molecule has 0 radical (unpaired) electrons. The number of hydrogen-bond donors (Lipinski definition) is 4. The molecule has 50 heavy (non-hydrogen) atoms. The minimum atomic E-state index is -0.504. The van der Waals surface area contributed by atoms with Gasteiger partial charge in [-0.2, -0.15) is 0 Å². The fourth-order valence-electron chi connectivity index (χ4n) is 6.10. The predicted molar refractivity (Wildman–Crippen MR) is 208 cm³/mol. The summed E-state index contributed by atoms with van der Waals surface area (Å²) in [5, 5.41) is 0. The molecule has 0 aliphatic carbocycles. The van der Waals surface area contributed by atoms with Crippen molar-refractivity contribution < 1.29 is 19.1 Å². The number of amides is 2. The standard InChI is InChI=1S/C40H76N6O4/c1-3-5-7-9-11-13-19-29-45(39(47)37(43)21-15-17-27-41)31-33-49-35-23-25-36(26-24-35)50-34-32-46(30-20-14-12-10-8-6-4-2)40(48)38(44)22-16-18-28-42/h23-26,37-38H,3-22,27-34,41-44H2,1-2H3/t37-,38-/m0/s1. The second-order valence-corrected chi connectivity index (χ2v) is 13.8. The van der Waals surface area contributed by atoms with E-state index in [2.05, 4.69) is 13.8 Å². The lowest BCUT2D eigenvalue weighted by Gasteiger charge is -2.26. The zero-order valence-electron chi connectivity index (χ0n) is 32.1. The van der Waals surface area contributed by atoms with Gasteiger partial charge >= 0.3 is 0 Å². The van der Waals surface area contributed by atoms with Crippen LogP contribution in [0.2, 0.25) is 0 Å². The average Bonchev–Trinajstić information content (AvgIpc) is 3.12. The smallest absolute Gasteiger partial charge is 0.239 e. The van der Waals surface area contributed by atoms with Crippen LogP contribution >= 0.6 is 0 Å². The van der Waals surface area contributed by atoms with Gasteiger partial charge in [0.05, 0.1) is 25.2 Å². The van der Waals surface area contributed by atoms with Crippen LogP contribution in [0.5, 0.6) is 11.5 Å². The van der Waals surface area contributed by atoms with E-state index in [9.17, 15) is 9.59 Å². The average molecular weight is 705 g/mol. The van der Waals surface area contributed by atoms with E-state index in [1.54, 1.807) is 0 Å². The molecule has 0 saturated heterocycles. The third kappa shape index (κ3) is 22.4. The van der Waals surface area contributed by atoms with Gasteiger partial charge in [0.25, 0.3) is 0 Å². The molecule has 8 N–H and O–H groups in total. The van der Waals surface area contributed by atoms with Gasteiger partial charge in [0.15, 0.2) is 0 Å². The Labute approximate surface area is 305 Å². The Morgan fingerprint density at radius 2 is 0.860 bits per heavy atom. The Hall–Kier alpha value is -2.40. The number of nitrogens with two attached hydrogens (primary N) is 4. The first-order valence-corrected chi connectivity index (χ1v) is 20.2. The molecule has 0 spiro atoms. The molecular formula is C40H76N6O4. The van der Waals surface area contributed by atoms with Gasteiger partial charge in [-0.25, -0.2) is 0 Å². The maximum atomic E-state index is 13.2. The highest BCUT2D eigenvalue weighted by Crippen LogP contribution is 2.18. The van der Waals surface area contributed by atoms with Crippen LogP contribution in [0, 0.1) is 0 Å². The molecule has 290 valence electrons. The molecule has 0 aliphatic heterocycles. The summed E-state index contributed by atoms with van der Waals surface area (Å²) in [5.41, 5.74) is 23.8. The first-order valence-electron chi connectivity index (χ1n) is 20.2. The number of unbranched alkanes of at least 4 members (excludes halogenated alkanes) is 14. The van der Waals surface area contributed by atoms with Gasteiger partial charge in [-0.05, 0) is 75.9 Å². The monoisotopic (exact) mass is 705 g/mol. The van der Waals surface area contributed by atoms with Gasteiger partial charge in [-0.1, -0.05) is 104 Å². The number of rotatable bonds is 34. The van der Waals surface area contributed by atoms with Gasteiger partial charge in [0, 0.05) is 13.1 Å². The predicted octanol–water partition coefficient (Wildman–Crippen LogP) is 6.52. The van der Waals surface area contributed by atoms with Gasteiger partial charge in [-0.3, -0.25) is 9.59 Å². The van der Waals surface area contributed by atoms with Crippen LogP contribution in [-0.2, 0) is 9.59 Å². The Balaban J connectivity index is 2.62. The van der Waals surface area contributed by atoms with Crippen LogP contribution in [0.25, 0.3) is 0 Å². The molecule has 2 atom stereocenters. The highest BCUT2D eigenvalue weighted by atomic mass is 16.5. The van der Waals surface area contributed by atoms with Crippen molar-refractivity contribution >= 4 is 11.8 Å². The van der Waals surface area contributed by atoms with E-state index < -0.39 is 12.1 Å². The number of hydrogen-bond acceptors (Lipinski definition) is 8. The lowest BCUT2D eigenvalue weighted by Crippen LogP contribution is -2.45. The minimum Gasteiger partial charge on any atom is -0.492 e. The minimum absolute atomic E-state index is 0.00336. The van der Waals surface area contributed by atoms with E-state index >= 15 is 0 Å². The van der Waals surface area contributed by atoms with E-state index in [4.69, 9.17) is 32.4 Å². The summed E-state index contributed by atoms with van der Waals surface area (Å²) >= 11 is 0. The highest BCUT2D eigenvalue weighted by molar-refractivity contribution is 5.82. The summed E-state index contributed by atoms with van der Waals surface area (Å²) < 4.78 is 12.1. The molecule has 0 aliphatic rings. The van der Waals surface area contributed by atoms with Gasteiger partial charge in [0.1, 0.15) is 24.7 Å². The molecule has 0 aromatic heterocycles. The maximum Gasteiger partial charge on any atom is 0.239 e. The Kier molecular flexibility index (Phi) is 28.6. The Bertz CT molecular complexity index is 875. The number of ether oxygens (including phenoxy) is 2. The summed E-state index contributed by atoms with van der Waals surface area (Å²) in [5.74, 6) is 1.42. The SMILES string of the molecule is CCCCCCCCCN(CCOc1ccc(OCCN(CCCCCCCCC)C(=O)[C@@H](N)CCCCN)cc1)C(=O)[C@@H](N)CCCCN. The zero-order valence-corrected chi connectivity index (χ0v) is 32.1. The molecule has 1 rings (SSSR count). The van der Waals surface area contributed by atoms with Crippen molar-refractivity contribution in [1.29, 1.82) is 0 Å². The van der Waals surface area contributed by atoms with E-state index in [1.165, 1.54) is 64.2 Å². The molecule has 0 unspecified atom stereocenters. The number of benzene rings is 1. The first-order chi connectivity index (χ1) is 24.4. The van der Waals surface area contributed by atoms with Crippen molar-refractivity contribution in [2.45, 2.75) is 154 Å². The van der Waals surface area contributed by atoms with Crippen molar-refractivity contribution in [2.24, 2.45) is 22.9 Å². The van der Waals surface area contributed by atoms with Crippen LogP contribution < -0.4 is 32.4 Å². The van der Waals surface area contributed by atoms with E-state index in [-0.39, 0.29) is 11.8 Å². The van der Waals surface area contributed by atoms with Crippen molar-refractivity contribution in [3.05, 3.63) is 24.3 Å². The third-order valence-corrected chi connectivity index (χ3v) is 9.34. The summed E-state index contributed by atoms with van der Waals surface area (Å²) in [6, 6.07) is 6.51. The van der Waals surface area contributed by atoms with Gasteiger partial charge < -0.3 is 42.2 Å². The quantitative estimate of drug-likeness (QED) is 0.0590. The Morgan fingerprint density at radius 1 is 0.520 bits per heavy atom. The van der Waals surface area contributed by atoms with Gasteiger partial charge in [0.2, 0.25) is 11.8 Å². The van der Waals surface area contributed by atoms with E-state index in [0.29, 0.717) is 76.8 Å². The van der Waals surface area contributed by atoms with Crippen molar-refractivity contribution in [2.75, 3.05) is 52.5 Å². The normalized spacial score (nSPS) is 12.4. The zero-order chi connectivity index (χ0) is 36.7. The van der Waals surface area contributed by atoms with E-state index in [0.717, 1.165) is 51.4 Å². The fraction of sp³-hybridized carbons (Fsp3) is 0.800. The van der Waals surface area contributed by atoms with Crippen molar-refractivity contribution in [3.63, 3.8) is 0 Å². The number of nitrogens with zero attached hydrogens (tertiary/aromatic N) is 2. The molecule has 10 nitrogen and oxygen atoms in total. The molecule has 1 aromatic carbocycles. The molecule has 0 heterocycles. The summed E-state index contributed by atoms with van der Waals surface area (Å²) in [6.07, 6.45) is 21.5. The van der Waals surface area contributed by atoms with Gasteiger partial charge in [-0.15, -0.1) is 0 Å². The molecule has 0 fully saturated rings. The number of carbonyl (C=O) groups excluding carboxylic acids is 2. The van der Waals surface area contributed by atoms with Crippen molar-refractivity contribution in [1.82, 2.24) is 9.80 Å². The van der Waals surface area contributed by atoms with Crippen LogP contribution in [-0.4, -0.2) is 86.2 Å². The first kappa shape index (κ1) is 45.6. The molecular weight excluding hydrogens is 628 g/mol. The van der Waals surface area contributed by atoms with E-state index in [1.807, 2.05) is 34.1 Å². The van der Waals surface area contributed by atoms with Crippen LogP contribution in [0.3, 0.4) is 0 Å². The fourth-order valence-corrected chi connectivity index (χ4v) is 6.10. The van der Waals surface area contributed by atoms with Crippen LogP contribution in [0.15, 0.2) is 24.3 Å². The molecule has 2 amide bonds. The summed E-state index contributed by atoms with van der Waals surface area (Å²) in [6.45, 7) is 8.85.